The van der Waals surface area contributed by atoms with Gasteiger partial charge in [-0.3, -0.25) is 0 Å². The SMILES string of the molecule is CCCC(N)c1nc(-c2ccc3ccccc3c2)no1. The molecule has 4 heteroatoms. The number of benzene rings is 2. The van der Waals surface area contributed by atoms with Crippen molar-refractivity contribution >= 4 is 10.8 Å². The number of nitrogens with two attached hydrogens (primary N) is 1. The van der Waals surface area contributed by atoms with Gasteiger partial charge in [-0.1, -0.05) is 54.9 Å². The van der Waals surface area contributed by atoms with Crippen LogP contribution in [0.5, 0.6) is 0 Å². The maximum Gasteiger partial charge on any atom is 0.243 e. The number of fused-ring (bicyclic) bond motifs is 1. The Hall–Kier alpha value is -2.20. The second-order valence-corrected chi connectivity index (χ2v) is 4.91. The van der Waals surface area contributed by atoms with Crippen molar-refractivity contribution in [2.45, 2.75) is 25.8 Å². The summed E-state index contributed by atoms with van der Waals surface area (Å²) in [5, 5.41) is 6.39. The zero-order valence-corrected chi connectivity index (χ0v) is 11.4. The molecule has 0 spiro atoms. The van der Waals surface area contributed by atoms with Gasteiger partial charge in [-0.05, 0) is 23.3 Å². The predicted molar refractivity (Wildman–Crippen MR) is 79.1 cm³/mol. The van der Waals surface area contributed by atoms with Gasteiger partial charge in [-0.2, -0.15) is 4.98 Å². The van der Waals surface area contributed by atoms with E-state index in [9.17, 15) is 0 Å². The summed E-state index contributed by atoms with van der Waals surface area (Å²) in [6.07, 6.45) is 1.84. The van der Waals surface area contributed by atoms with E-state index in [1.54, 1.807) is 0 Å². The molecule has 2 aromatic carbocycles. The Morgan fingerprint density at radius 1 is 1.15 bits per heavy atom. The first-order valence-corrected chi connectivity index (χ1v) is 6.86. The number of hydrogen-bond acceptors (Lipinski definition) is 4. The van der Waals surface area contributed by atoms with Crippen LogP contribution < -0.4 is 5.73 Å². The van der Waals surface area contributed by atoms with Crippen LogP contribution in [0, 0.1) is 0 Å². The van der Waals surface area contributed by atoms with Gasteiger partial charge in [-0.15, -0.1) is 0 Å². The van der Waals surface area contributed by atoms with Gasteiger partial charge < -0.3 is 10.3 Å². The van der Waals surface area contributed by atoms with E-state index in [1.165, 1.54) is 5.39 Å². The second-order valence-electron chi connectivity index (χ2n) is 4.91. The summed E-state index contributed by atoms with van der Waals surface area (Å²) in [5.41, 5.74) is 6.94. The summed E-state index contributed by atoms with van der Waals surface area (Å²) in [5.74, 6) is 1.10. The van der Waals surface area contributed by atoms with Gasteiger partial charge in [0.1, 0.15) is 0 Å². The third kappa shape index (κ3) is 2.42. The van der Waals surface area contributed by atoms with Crippen LogP contribution in [0.2, 0.25) is 0 Å². The van der Waals surface area contributed by atoms with Crippen LogP contribution in [0.15, 0.2) is 47.0 Å². The van der Waals surface area contributed by atoms with Crippen LogP contribution in [0.4, 0.5) is 0 Å². The van der Waals surface area contributed by atoms with E-state index in [0.717, 1.165) is 23.8 Å². The van der Waals surface area contributed by atoms with Crippen LogP contribution in [0.3, 0.4) is 0 Å². The topological polar surface area (TPSA) is 64.9 Å². The summed E-state index contributed by atoms with van der Waals surface area (Å²) >= 11 is 0. The summed E-state index contributed by atoms with van der Waals surface area (Å²) in [7, 11) is 0. The lowest BCUT2D eigenvalue weighted by molar-refractivity contribution is 0.348. The molecular formula is C16H17N3O. The minimum Gasteiger partial charge on any atom is -0.337 e. The molecule has 3 rings (SSSR count). The van der Waals surface area contributed by atoms with Crippen LogP contribution in [-0.4, -0.2) is 10.1 Å². The molecule has 0 fully saturated rings. The lowest BCUT2D eigenvalue weighted by Gasteiger charge is -2.02. The number of nitrogens with zero attached hydrogens (tertiary/aromatic N) is 2. The average molecular weight is 267 g/mol. The van der Waals surface area contributed by atoms with E-state index in [2.05, 4.69) is 41.3 Å². The molecule has 0 bridgehead atoms. The predicted octanol–water partition coefficient (Wildman–Crippen LogP) is 3.69. The molecule has 0 saturated heterocycles. The van der Waals surface area contributed by atoms with E-state index in [4.69, 9.17) is 10.3 Å². The second kappa shape index (κ2) is 5.43. The number of hydrogen-bond donors (Lipinski definition) is 1. The van der Waals surface area contributed by atoms with E-state index < -0.39 is 0 Å². The Morgan fingerprint density at radius 2 is 1.95 bits per heavy atom. The lowest BCUT2D eigenvalue weighted by Crippen LogP contribution is -2.09. The van der Waals surface area contributed by atoms with Crippen LogP contribution in [0.25, 0.3) is 22.2 Å². The Kier molecular flexibility index (Phi) is 3.48. The fraction of sp³-hybridized carbons (Fsp3) is 0.250. The highest BCUT2D eigenvalue weighted by Gasteiger charge is 2.14. The van der Waals surface area contributed by atoms with E-state index >= 15 is 0 Å². The molecule has 1 heterocycles. The first-order chi connectivity index (χ1) is 9.78. The first kappa shape index (κ1) is 12.8. The van der Waals surface area contributed by atoms with Crippen molar-refractivity contribution in [1.29, 1.82) is 0 Å². The smallest absolute Gasteiger partial charge is 0.243 e. The summed E-state index contributed by atoms with van der Waals surface area (Å²) in [4.78, 5) is 4.40. The lowest BCUT2D eigenvalue weighted by atomic mass is 10.1. The number of aromatic nitrogens is 2. The molecule has 0 saturated carbocycles. The Labute approximate surface area is 117 Å². The van der Waals surface area contributed by atoms with Crippen molar-refractivity contribution in [3.05, 3.63) is 48.4 Å². The van der Waals surface area contributed by atoms with Crippen molar-refractivity contribution in [3.8, 4) is 11.4 Å². The summed E-state index contributed by atoms with van der Waals surface area (Å²) in [6, 6.07) is 14.1. The van der Waals surface area contributed by atoms with Gasteiger partial charge in [0.25, 0.3) is 0 Å². The standard InChI is InChI=1S/C16H17N3O/c1-2-5-14(17)16-18-15(19-20-16)13-9-8-11-6-3-4-7-12(11)10-13/h3-4,6-10,14H,2,5,17H2,1H3. The largest absolute Gasteiger partial charge is 0.337 e. The van der Waals surface area contributed by atoms with E-state index in [1.807, 2.05) is 18.2 Å². The normalized spacial score (nSPS) is 12.7. The molecule has 1 aromatic heterocycles. The summed E-state index contributed by atoms with van der Waals surface area (Å²) < 4.78 is 5.26. The first-order valence-electron chi connectivity index (χ1n) is 6.86. The average Bonchev–Trinajstić information content (AvgIpc) is 2.97. The highest BCUT2D eigenvalue weighted by molar-refractivity contribution is 5.86. The van der Waals surface area contributed by atoms with Gasteiger partial charge in [0.2, 0.25) is 11.7 Å². The third-order valence-electron chi connectivity index (χ3n) is 3.37. The minimum atomic E-state index is -0.179. The molecule has 0 amide bonds. The minimum absolute atomic E-state index is 0.179. The highest BCUT2D eigenvalue weighted by atomic mass is 16.5. The van der Waals surface area contributed by atoms with Crippen molar-refractivity contribution < 1.29 is 4.52 Å². The molecule has 1 atom stereocenters. The zero-order chi connectivity index (χ0) is 13.9. The molecular weight excluding hydrogens is 250 g/mol. The zero-order valence-electron chi connectivity index (χ0n) is 11.4. The van der Waals surface area contributed by atoms with Crippen LogP contribution in [-0.2, 0) is 0 Å². The van der Waals surface area contributed by atoms with Gasteiger partial charge in [0.15, 0.2) is 0 Å². The highest BCUT2D eigenvalue weighted by Crippen LogP contribution is 2.23. The van der Waals surface area contributed by atoms with Gasteiger partial charge in [0, 0.05) is 5.56 Å². The molecule has 102 valence electrons. The van der Waals surface area contributed by atoms with E-state index in [-0.39, 0.29) is 6.04 Å². The van der Waals surface area contributed by atoms with Gasteiger partial charge in [-0.25, -0.2) is 0 Å². The van der Waals surface area contributed by atoms with Crippen molar-refractivity contribution in [2.24, 2.45) is 5.73 Å². The van der Waals surface area contributed by atoms with Crippen LogP contribution in [0.1, 0.15) is 31.7 Å². The molecule has 3 aromatic rings. The third-order valence-corrected chi connectivity index (χ3v) is 3.37. The van der Waals surface area contributed by atoms with Crippen LogP contribution >= 0.6 is 0 Å². The van der Waals surface area contributed by atoms with Crippen molar-refractivity contribution in [1.82, 2.24) is 10.1 Å². The molecule has 20 heavy (non-hydrogen) atoms. The fourth-order valence-electron chi connectivity index (χ4n) is 2.27. The Bertz CT molecular complexity index is 720. The molecule has 0 aliphatic carbocycles. The van der Waals surface area contributed by atoms with Gasteiger partial charge >= 0.3 is 0 Å². The number of rotatable bonds is 4. The molecule has 1 unspecified atom stereocenters. The van der Waals surface area contributed by atoms with Crippen molar-refractivity contribution in [2.75, 3.05) is 0 Å². The molecule has 0 aliphatic rings. The molecule has 2 N–H and O–H groups in total. The van der Waals surface area contributed by atoms with Gasteiger partial charge in [0.05, 0.1) is 6.04 Å². The Balaban J connectivity index is 1.94. The maximum absolute atomic E-state index is 5.99. The summed E-state index contributed by atoms with van der Waals surface area (Å²) in [6.45, 7) is 2.08. The molecule has 4 nitrogen and oxygen atoms in total. The quantitative estimate of drug-likeness (QED) is 0.783. The Morgan fingerprint density at radius 3 is 2.75 bits per heavy atom. The molecule has 0 aliphatic heterocycles. The molecule has 0 radical (unpaired) electrons. The van der Waals surface area contributed by atoms with Crippen molar-refractivity contribution in [3.63, 3.8) is 0 Å². The van der Waals surface area contributed by atoms with E-state index in [0.29, 0.717) is 11.7 Å². The fourth-order valence-corrected chi connectivity index (χ4v) is 2.27. The maximum atomic E-state index is 5.99. The monoisotopic (exact) mass is 267 g/mol.